The summed E-state index contributed by atoms with van der Waals surface area (Å²) in [5.74, 6) is 1.27. The van der Waals surface area contributed by atoms with Gasteiger partial charge in [0.05, 0.1) is 34.8 Å². The zero-order chi connectivity index (χ0) is 22.0. The van der Waals surface area contributed by atoms with Gasteiger partial charge in [0, 0.05) is 0 Å². The molecule has 31 heavy (non-hydrogen) atoms. The van der Waals surface area contributed by atoms with Crippen molar-refractivity contribution in [2.24, 2.45) is 0 Å². The van der Waals surface area contributed by atoms with Gasteiger partial charge in [0.2, 0.25) is 0 Å². The van der Waals surface area contributed by atoms with Gasteiger partial charge in [-0.1, -0.05) is 18.2 Å². The van der Waals surface area contributed by atoms with Crippen molar-refractivity contribution < 1.29 is 18.7 Å². The molecular formula is C25H23NO4S. The van der Waals surface area contributed by atoms with Gasteiger partial charge in [-0.3, -0.25) is 9.59 Å². The van der Waals surface area contributed by atoms with Crippen LogP contribution in [0.25, 0.3) is 5.57 Å². The van der Waals surface area contributed by atoms with E-state index in [9.17, 15) is 9.59 Å². The summed E-state index contributed by atoms with van der Waals surface area (Å²) in [5.41, 5.74) is 3.90. The number of anilines is 1. The minimum absolute atomic E-state index is 0.320. The van der Waals surface area contributed by atoms with E-state index in [0.717, 1.165) is 22.5 Å². The van der Waals surface area contributed by atoms with E-state index >= 15 is 0 Å². The Morgan fingerprint density at radius 2 is 1.74 bits per heavy atom. The van der Waals surface area contributed by atoms with E-state index in [4.69, 9.17) is 9.15 Å². The number of hydrogen-bond donors (Lipinski definition) is 0. The Kier molecular flexibility index (Phi) is 6.00. The molecule has 2 amide bonds. The Morgan fingerprint density at radius 1 is 0.968 bits per heavy atom. The fraction of sp³-hybridized carbons (Fsp3) is 0.200. The number of aryl methyl sites for hydroxylation is 2. The number of hydrogen-bond acceptors (Lipinski definition) is 5. The van der Waals surface area contributed by atoms with Crippen molar-refractivity contribution in [3.8, 4) is 5.75 Å². The fourth-order valence-corrected chi connectivity index (χ4v) is 4.44. The molecule has 2 aromatic carbocycles. The molecule has 0 bridgehead atoms. The Hall–Kier alpha value is -3.25. The van der Waals surface area contributed by atoms with Gasteiger partial charge in [-0.2, -0.15) is 0 Å². The number of benzene rings is 2. The molecular weight excluding hydrogens is 410 g/mol. The molecule has 0 atom stereocenters. The van der Waals surface area contributed by atoms with Crippen LogP contribution in [0, 0.1) is 13.8 Å². The lowest BCUT2D eigenvalue weighted by Crippen LogP contribution is -2.31. The molecule has 0 aliphatic carbocycles. The maximum absolute atomic E-state index is 13.5. The average molecular weight is 434 g/mol. The van der Waals surface area contributed by atoms with E-state index in [1.54, 1.807) is 30.5 Å². The maximum Gasteiger partial charge on any atom is 0.272 e. The lowest BCUT2D eigenvalue weighted by molar-refractivity contribution is -0.119. The molecule has 1 aliphatic rings. The Morgan fingerprint density at radius 3 is 2.39 bits per heavy atom. The molecule has 0 radical (unpaired) electrons. The first-order valence-corrected chi connectivity index (χ1v) is 11.1. The molecule has 6 heteroatoms. The average Bonchev–Trinajstić information content (AvgIpc) is 3.36. The van der Waals surface area contributed by atoms with Crippen LogP contribution in [0.2, 0.25) is 0 Å². The molecule has 0 saturated carbocycles. The standard InChI is InChI=1S/C25H23NO4S/c1-4-29-20-11-9-19(10-12-20)26-24(27)22(18-8-7-16(2)17(3)14-18)23(25(26)28)31-15-21-6-5-13-30-21/h5-14H,4,15H2,1-3H3. The van der Waals surface area contributed by atoms with E-state index in [1.165, 1.54) is 16.7 Å². The zero-order valence-corrected chi connectivity index (χ0v) is 18.5. The first-order chi connectivity index (χ1) is 15.0. The van der Waals surface area contributed by atoms with Crippen LogP contribution in [0.1, 0.15) is 29.4 Å². The molecule has 5 nitrogen and oxygen atoms in total. The molecule has 3 aromatic rings. The van der Waals surface area contributed by atoms with E-state index in [2.05, 4.69) is 0 Å². The lowest BCUT2D eigenvalue weighted by Gasteiger charge is -2.16. The molecule has 0 saturated heterocycles. The second-order valence-electron chi connectivity index (χ2n) is 7.24. The minimum Gasteiger partial charge on any atom is -0.494 e. The monoisotopic (exact) mass is 433 g/mol. The highest BCUT2D eigenvalue weighted by atomic mass is 32.2. The molecule has 0 fully saturated rings. The number of furan rings is 1. The second kappa shape index (κ2) is 8.86. The van der Waals surface area contributed by atoms with E-state index in [1.807, 2.05) is 51.1 Å². The minimum atomic E-state index is -0.320. The lowest BCUT2D eigenvalue weighted by atomic mass is 10.0. The van der Waals surface area contributed by atoms with Crippen molar-refractivity contribution in [2.45, 2.75) is 26.5 Å². The molecule has 158 valence electrons. The van der Waals surface area contributed by atoms with Crippen LogP contribution in [0.3, 0.4) is 0 Å². The summed E-state index contributed by atoms with van der Waals surface area (Å²) < 4.78 is 10.9. The van der Waals surface area contributed by atoms with Crippen LogP contribution in [-0.2, 0) is 15.3 Å². The van der Waals surface area contributed by atoms with Gasteiger partial charge in [-0.25, -0.2) is 4.90 Å². The number of rotatable bonds is 7. The third kappa shape index (κ3) is 4.16. The Labute approximate surface area is 185 Å². The molecule has 4 rings (SSSR count). The zero-order valence-electron chi connectivity index (χ0n) is 17.7. The third-order valence-corrected chi connectivity index (χ3v) is 6.28. The van der Waals surface area contributed by atoms with Crippen LogP contribution < -0.4 is 9.64 Å². The molecule has 0 unspecified atom stereocenters. The first-order valence-electron chi connectivity index (χ1n) is 10.1. The second-order valence-corrected chi connectivity index (χ2v) is 8.23. The van der Waals surface area contributed by atoms with Crippen molar-refractivity contribution in [3.05, 3.63) is 88.2 Å². The molecule has 0 N–H and O–H groups in total. The number of amides is 2. The van der Waals surface area contributed by atoms with Crippen molar-refractivity contribution in [1.82, 2.24) is 0 Å². The van der Waals surface area contributed by atoms with Gasteiger partial charge >= 0.3 is 0 Å². The highest BCUT2D eigenvalue weighted by Gasteiger charge is 2.40. The largest absolute Gasteiger partial charge is 0.494 e. The predicted molar refractivity (Wildman–Crippen MR) is 123 cm³/mol. The van der Waals surface area contributed by atoms with Crippen molar-refractivity contribution >= 4 is 34.8 Å². The summed E-state index contributed by atoms with van der Waals surface area (Å²) in [6.07, 6.45) is 1.60. The van der Waals surface area contributed by atoms with Crippen LogP contribution in [0.5, 0.6) is 5.75 Å². The predicted octanol–water partition coefficient (Wildman–Crippen LogP) is 5.51. The number of carbonyl (C=O) groups is 2. The van der Waals surface area contributed by atoms with Gasteiger partial charge in [0.25, 0.3) is 11.8 Å². The molecule has 0 spiro atoms. The van der Waals surface area contributed by atoms with Gasteiger partial charge < -0.3 is 9.15 Å². The summed E-state index contributed by atoms with van der Waals surface area (Å²) in [4.78, 5) is 28.5. The number of imide groups is 1. The first kappa shape index (κ1) is 21.0. The number of ether oxygens (including phenoxy) is 1. The Balaban J connectivity index is 1.72. The topological polar surface area (TPSA) is 59.8 Å². The van der Waals surface area contributed by atoms with Crippen LogP contribution >= 0.6 is 11.8 Å². The summed E-state index contributed by atoms with van der Waals surface area (Å²) in [7, 11) is 0. The third-order valence-electron chi connectivity index (χ3n) is 5.18. The van der Waals surface area contributed by atoms with Crippen molar-refractivity contribution in [2.75, 3.05) is 11.5 Å². The van der Waals surface area contributed by atoms with Crippen LogP contribution in [0.4, 0.5) is 5.69 Å². The fourth-order valence-electron chi connectivity index (χ4n) is 3.43. The highest BCUT2D eigenvalue weighted by molar-refractivity contribution is 8.03. The normalized spacial score (nSPS) is 14.0. The molecule has 1 aromatic heterocycles. The SMILES string of the molecule is CCOc1ccc(N2C(=O)C(SCc3ccco3)=C(c3ccc(C)c(C)c3)C2=O)cc1. The van der Waals surface area contributed by atoms with E-state index in [0.29, 0.717) is 34.3 Å². The quantitative estimate of drug-likeness (QED) is 0.460. The van der Waals surface area contributed by atoms with Gasteiger partial charge in [-0.15, -0.1) is 11.8 Å². The van der Waals surface area contributed by atoms with Gasteiger partial charge in [0.1, 0.15) is 11.5 Å². The highest BCUT2D eigenvalue weighted by Crippen LogP contribution is 2.40. The number of nitrogens with zero attached hydrogens (tertiary/aromatic N) is 1. The van der Waals surface area contributed by atoms with E-state index in [-0.39, 0.29) is 11.8 Å². The Bertz CT molecular complexity index is 1150. The summed E-state index contributed by atoms with van der Waals surface area (Å²) in [6.45, 7) is 6.48. The summed E-state index contributed by atoms with van der Waals surface area (Å²) in [5, 5.41) is 0. The van der Waals surface area contributed by atoms with Crippen molar-refractivity contribution in [3.63, 3.8) is 0 Å². The molecule has 1 aliphatic heterocycles. The van der Waals surface area contributed by atoms with Crippen molar-refractivity contribution in [1.29, 1.82) is 0 Å². The van der Waals surface area contributed by atoms with Crippen LogP contribution in [0.15, 0.2) is 70.2 Å². The van der Waals surface area contributed by atoms with Gasteiger partial charge in [-0.05, 0) is 73.9 Å². The molecule has 2 heterocycles. The number of thioether (sulfide) groups is 1. The number of carbonyl (C=O) groups excluding carboxylic acids is 2. The maximum atomic E-state index is 13.5. The summed E-state index contributed by atoms with van der Waals surface area (Å²) >= 11 is 1.33. The smallest absolute Gasteiger partial charge is 0.272 e. The van der Waals surface area contributed by atoms with Crippen LogP contribution in [-0.4, -0.2) is 18.4 Å². The van der Waals surface area contributed by atoms with Gasteiger partial charge in [0.15, 0.2) is 0 Å². The summed E-state index contributed by atoms with van der Waals surface area (Å²) in [6, 6.07) is 16.5. The van der Waals surface area contributed by atoms with E-state index < -0.39 is 0 Å².